The number of fused-ring (bicyclic) bond motifs is 1. The van der Waals surface area contributed by atoms with Gasteiger partial charge in [0.2, 0.25) is 0 Å². The van der Waals surface area contributed by atoms with Gasteiger partial charge in [0.25, 0.3) is 5.91 Å². The summed E-state index contributed by atoms with van der Waals surface area (Å²) in [6.07, 6.45) is 0.830. The molecule has 0 bridgehead atoms. The molecule has 7 nitrogen and oxygen atoms in total. The zero-order chi connectivity index (χ0) is 14.8. The van der Waals surface area contributed by atoms with Crippen molar-refractivity contribution in [1.82, 2.24) is 20.4 Å². The van der Waals surface area contributed by atoms with Crippen molar-refractivity contribution in [2.45, 2.75) is 32.0 Å². The first-order valence-electron chi connectivity index (χ1n) is 7.44. The molecule has 0 aliphatic carbocycles. The molecule has 2 aliphatic heterocycles. The Morgan fingerprint density at radius 2 is 2.43 bits per heavy atom. The van der Waals surface area contributed by atoms with Crippen LogP contribution in [-0.4, -0.2) is 66.6 Å². The highest BCUT2D eigenvalue weighted by Crippen LogP contribution is 2.20. The monoisotopic (exact) mass is 294 g/mol. The van der Waals surface area contributed by atoms with E-state index in [2.05, 4.69) is 20.4 Å². The third-order valence-corrected chi connectivity index (χ3v) is 4.06. The second-order valence-electron chi connectivity index (χ2n) is 5.63. The predicted octanol–water partition coefficient (Wildman–Crippen LogP) is -0.0687. The van der Waals surface area contributed by atoms with Gasteiger partial charge >= 0.3 is 0 Å². The zero-order valence-electron chi connectivity index (χ0n) is 12.5. The van der Waals surface area contributed by atoms with Gasteiger partial charge in [-0.1, -0.05) is 0 Å². The molecule has 2 aliphatic rings. The van der Waals surface area contributed by atoms with Crippen LogP contribution < -0.4 is 5.32 Å². The van der Waals surface area contributed by atoms with Crippen LogP contribution in [0.1, 0.15) is 28.7 Å². The number of aromatic nitrogens is 2. The number of carbonyl (C=O) groups is 1. The van der Waals surface area contributed by atoms with Crippen LogP contribution in [-0.2, 0) is 22.4 Å². The van der Waals surface area contributed by atoms with Crippen LogP contribution in [0.15, 0.2) is 0 Å². The Hall–Kier alpha value is -1.44. The van der Waals surface area contributed by atoms with E-state index in [0.29, 0.717) is 25.5 Å². The lowest BCUT2D eigenvalue weighted by Gasteiger charge is -2.23. The first-order chi connectivity index (χ1) is 10.2. The Kier molecular flexibility index (Phi) is 4.23. The minimum absolute atomic E-state index is 0.0728. The summed E-state index contributed by atoms with van der Waals surface area (Å²) >= 11 is 0. The third-order valence-electron chi connectivity index (χ3n) is 4.06. The Bertz CT molecular complexity index is 516. The van der Waals surface area contributed by atoms with E-state index in [9.17, 15) is 4.79 Å². The first-order valence-corrected chi connectivity index (χ1v) is 7.44. The normalized spacial score (nSPS) is 25.8. The van der Waals surface area contributed by atoms with E-state index in [4.69, 9.17) is 9.47 Å². The van der Waals surface area contributed by atoms with Gasteiger partial charge in [-0.15, -0.1) is 0 Å². The maximum Gasteiger partial charge on any atom is 0.272 e. The van der Waals surface area contributed by atoms with Crippen LogP contribution in [0.5, 0.6) is 0 Å². The fraction of sp³-hybridized carbons (Fsp3) is 0.714. The van der Waals surface area contributed by atoms with Crippen molar-refractivity contribution in [3.63, 3.8) is 0 Å². The SMILES string of the molecule is CCO[C@H]1COC[C@@H]1NC(=O)c1n[nH]c2c1CN(C)CC2. The molecular weight excluding hydrogens is 272 g/mol. The molecule has 0 spiro atoms. The molecule has 2 N–H and O–H groups in total. The van der Waals surface area contributed by atoms with Gasteiger partial charge in [-0.25, -0.2) is 0 Å². The molecule has 116 valence electrons. The van der Waals surface area contributed by atoms with Crippen LogP contribution >= 0.6 is 0 Å². The van der Waals surface area contributed by atoms with Gasteiger partial charge in [0.15, 0.2) is 5.69 Å². The van der Waals surface area contributed by atoms with Gasteiger partial charge in [-0.2, -0.15) is 5.10 Å². The number of ether oxygens (including phenoxy) is 2. The van der Waals surface area contributed by atoms with Gasteiger partial charge < -0.3 is 19.7 Å². The lowest BCUT2D eigenvalue weighted by atomic mass is 10.1. The molecular formula is C14H22N4O3. The number of nitrogens with one attached hydrogen (secondary N) is 2. The summed E-state index contributed by atoms with van der Waals surface area (Å²) in [6.45, 7) is 5.31. The number of aromatic amines is 1. The Morgan fingerprint density at radius 1 is 1.57 bits per heavy atom. The van der Waals surface area contributed by atoms with Gasteiger partial charge in [0.1, 0.15) is 6.10 Å². The van der Waals surface area contributed by atoms with Crippen LogP contribution in [0.4, 0.5) is 0 Å². The highest BCUT2D eigenvalue weighted by atomic mass is 16.5. The van der Waals surface area contributed by atoms with E-state index < -0.39 is 0 Å². The van der Waals surface area contributed by atoms with Crippen molar-refractivity contribution < 1.29 is 14.3 Å². The molecule has 7 heteroatoms. The van der Waals surface area contributed by atoms with E-state index >= 15 is 0 Å². The van der Waals surface area contributed by atoms with E-state index in [1.54, 1.807) is 0 Å². The number of amides is 1. The Balaban J connectivity index is 1.70. The molecule has 21 heavy (non-hydrogen) atoms. The maximum absolute atomic E-state index is 12.5. The number of likely N-dealkylation sites (N-methyl/N-ethyl adjacent to an activating group) is 1. The third kappa shape index (κ3) is 2.95. The largest absolute Gasteiger partial charge is 0.376 e. The molecule has 3 rings (SSSR count). The number of hydrogen-bond donors (Lipinski definition) is 2. The predicted molar refractivity (Wildman–Crippen MR) is 76.1 cm³/mol. The molecule has 2 atom stereocenters. The van der Waals surface area contributed by atoms with Crippen molar-refractivity contribution >= 4 is 5.91 Å². The van der Waals surface area contributed by atoms with Crippen molar-refractivity contribution in [3.05, 3.63) is 17.0 Å². The van der Waals surface area contributed by atoms with Crippen molar-refractivity contribution in [1.29, 1.82) is 0 Å². The summed E-state index contributed by atoms with van der Waals surface area (Å²) in [7, 11) is 2.05. The maximum atomic E-state index is 12.5. The van der Waals surface area contributed by atoms with E-state index in [0.717, 1.165) is 30.8 Å². The van der Waals surface area contributed by atoms with Gasteiger partial charge in [0.05, 0.1) is 19.3 Å². The van der Waals surface area contributed by atoms with Crippen molar-refractivity contribution in [2.75, 3.05) is 33.4 Å². The Labute approximate surface area is 124 Å². The molecule has 1 fully saturated rings. The second kappa shape index (κ2) is 6.13. The second-order valence-corrected chi connectivity index (χ2v) is 5.63. The summed E-state index contributed by atoms with van der Waals surface area (Å²) in [6, 6.07) is -0.105. The number of carbonyl (C=O) groups excluding carboxylic acids is 1. The Morgan fingerprint density at radius 3 is 3.24 bits per heavy atom. The van der Waals surface area contributed by atoms with Gasteiger partial charge in [0, 0.05) is 37.4 Å². The standard InChI is InChI=1S/C14H22N4O3/c1-3-21-12-8-20-7-11(12)15-14(19)13-9-6-18(2)5-4-10(9)16-17-13/h11-12H,3-8H2,1-2H3,(H,15,19)(H,16,17)/t11-,12-/m0/s1. The molecule has 0 aromatic carbocycles. The number of H-pyrrole nitrogens is 1. The zero-order valence-corrected chi connectivity index (χ0v) is 12.5. The molecule has 1 amide bonds. The summed E-state index contributed by atoms with van der Waals surface area (Å²) in [5.41, 5.74) is 2.58. The van der Waals surface area contributed by atoms with E-state index in [-0.39, 0.29) is 18.1 Å². The molecule has 3 heterocycles. The minimum Gasteiger partial charge on any atom is -0.376 e. The number of nitrogens with zero attached hydrogens (tertiary/aromatic N) is 2. The summed E-state index contributed by atoms with van der Waals surface area (Å²) < 4.78 is 11.0. The van der Waals surface area contributed by atoms with Crippen LogP contribution in [0, 0.1) is 0 Å². The first kappa shape index (κ1) is 14.5. The summed E-state index contributed by atoms with van der Waals surface area (Å²) in [5, 5.41) is 10.2. The van der Waals surface area contributed by atoms with Crippen LogP contribution in [0.2, 0.25) is 0 Å². The molecule has 0 unspecified atom stereocenters. The van der Waals surface area contributed by atoms with Gasteiger partial charge in [-0.3, -0.25) is 9.89 Å². The lowest BCUT2D eigenvalue weighted by molar-refractivity contribution is 0.0401. The average Bonchev–Trinajstić information content (AvgIpc) is 3.06. The van der Waals surface area contributed by atoms with Gasteiger partial charge in [-0.05, 0) is 14.0 Å². The topological polar surface area (TPSA) is 79.5 Å². The van der Waals surface area contributed by atoms with Crippen LogP contribution in [0.25, 0.3) is 0 Å². The average molecular weight is 294 g/mol. The highest BCUT2D eigenvalue weighted by molar-refractivity contribution is 5.94. The van der Waals surface area contributed by atoms with E-state index in [1.165, 1.54) is 0 Å². The summed E-state index contributed by atoms with van der Waals surface area (Å²) in [5.74, 6) is -0.150. The smallest absolute Gasteiger partial charge is 0.272 e. The fourth-order valence-corrected chi connectivity index (χ4v) is 2.90. The fourth-order valence-electron chi connectivity index (χ4n) is 2.90. The number of hydrogen-bond acceptors (Lipinski definition) is 5. The highest BCUT2D eigenvalue weighted by Gasteiger charge is 2.32. The van der Waals surface area contributed by atoms with Crippen LogP contribution in [0.3, 0.4) is 0 Å². The molecule has 1 saturated heterocycles. The molecule has 1 aromatic rings. The summed E-state index contributed by atoms with van der Waals surface area (Å²) in [4.78, 5) is 14.7. The van der Waals surface area contributed by atoms with Crippen molar-refractivity contribution in [2.24, 2.45) is 0 Å². The lowest BCUT2D eigenvalue weighted by Crippen LogP contribution is -2.44. The molecule has 0 saturated carbocycles. The molecule has 0 radical (unpaired) electrons. The minimum atomic E-state index is -0.150. The van der Waals surface area contributed by atoms with E-state index in [1.807, 2.05) is 14.0 Å². The molecule has 1 aromatic heterocycles. The van der Waals surface area contributed by atoms with Crippen molar-refractivity contribution in [3.8, 4) is 0 Å². The number of rotatable bonds is 4. The quantitative estimate of drug-likeness (QED) is 0.813.